The van der Waals surface area contributed by atoms with E-state index in [2.05, 4.69) is 12.1 Å². The van der Waals surface area contributed by atoms with Gasteiger partial charge in [-0.05, 0) is 36.1 Å². The Balaban J connectivity index is 1.55. The number of carbonyl (C=O) groups excluding carboxylic acids is 1. The normalized spacial score (nSPS) is 16.2. The predicted octanol–water partition coefficient (Wildman–Crippen LogP) is 3.14. The maximum Gasteiger partial charge on any atom is 0.308 e. The molecule has 1 unspecified atom stereocenters. The number of hydrogen-bond donors (Lipinski definition) is 1. The van der Waals surface area contributed by atoms with Gasteiger partial charge in [0.1, 0.15) is 0 Å². The summed E-state index contributed by atoms with van der Waals surface area (Å²) < 4.78 is 11.3. The van der Waals surface area contributed by atoms with Crippen LogP contribution in [0.3, 0.4) is 0 Å². The standard InChI is InChI=1S/C22H25NO5/c1-27-20-12-17(14-23-15-18(22(25)26)13-21(23)24)9-10-19(20)28-11-5-8-16-6-3-2-4-7-16/h2-4,6-7,9-10,12,18H,5,8,11,13-15H2,1H3,(H,25,26). The summed E-state index contributed by atoms with van der Waals surface area (Å²) in [6.45, 7) is 1.19. The maximum atomic E-state index is 12.0. The molecule has 0 bridgehead atoms. The van der Waals surface area contributed by atoms with E-state index in [1.807, 2.05) is 36.4 Å². The minimum absolute atomic E-state index is 0.0646. The second-order valence-electron chi connectivity index (χ2n) is 6.94. The van der Waals surface area contributed by atoms with Crippen LogP contribution >= 0.6 is 0 Å². The number of ether oxygens (including phenoxy) is 2. The molecule has 28 heavy (non-hydrogen) atoms. The van der Waals surface area contributed by atoms with Crippen molar-refractivity contribution >= 4 is 11.9 Å². The third kappa shape index (κ3) is 5.03. The molecule has 1 atom stereocenters. The molecule has 6 nitrogen and oxygen atoms in total. The molecule has 1 aliphatic rings. The van der Waals surface area contributed by atoms with Gasteiger partial charge in [-0.1, -0.05) is 36.4 Å². The Morgan fingerprint density at radius 1 is 1.14 bits per heavy atom. The summed E-state index contributed by atoms with van der Waals surface area (Å²) in [6.07, 6.45) is 1.91. The first-order valence-corrected chi connectivity index (χ1v) is 9.41. The largest absolute Gasteiger partial charge is 0.493 e. The molecule has 1 amide bonds. The average molecular weight is 383 g/mol. The van der Waals surface area contributed by atoms with E-state index in [0.717, 1.165) is 18.4 Å². The monoisotopic (exact) mass is 383 g/mol. The topological polar surface area (TPSA) is 76.1 Å². The zero-order valence-electron chi connectivity index (χ0n) is 16.0. The first-order valence-electron chi connectivity index (χ1n) is 9.41. The Kier molecular flexibility index (Phi) is 6.53. The van der Waals surface area contributed by atoms with Crippen LogP contribution in [0.2, 0.25) is 0 Å². The zero-order chi connectivity index (χ0) is 19.9. The maximum absolute atomic E-state index is 12.0. The Labute approximate surface area is 164 Å². The van der Waals surface area contributed by atoms with Crippen molar-refractivity contribution in [1.29, 1.82) is 0 Å². The van der Waals surface area contributed by atoms with Gasteiger partial charge in [0.15, 0.2) is 11.5 Å². The van der Waals surface area contributed by atoms with Crippen LogP contribution in [0.25, 0.3) is 0 Å². The summed E-state index contributed by atoms with van der Waals surface area (Å²) in [7, 11) is 1.58. The van der Waals surface area contributed by atoms with Crippen LogP contribution in [0.1, 0.15) is 24.0 Å². The van der Waals surface area contributed by atoms with Crippen molar-refractivity contribution in [2.24, 2.45) is 5.92 Å². The van der Waals surface area contributed by atoms with E-state index in [9.17, 15) is 9.59 Å². The molecule has 148 valence electrons. The first-order chi connectivity index (χ1) is 13.6. The summed E-state index contributed by atoms with van der Waals surface area (Å²) in [6, 6.07) is 15.8. The number of likely N-dealkylation sites (tertiary alicyclic amines) is 1. The van der Waals surface area contributed by atoms with E-state index in [1.165, 1.54) is 5.56 Å². The molecule has 1 fully saturated rings. The average Bonchev–Trinajstić information content (AvgIpc) is 3.07. The number of aryl methyl sites for hydroxylation is 1. The molecule has 0 saturated carbocycles. The summed E-state index contributed by atoms with van der Waals surface area (Å²) in [5.41, 5.74) is 2.16. The molecule has 0 aliphatic carbocycles. The molecule has 0 radical (unpaired) electrons. The highest BCUT2D eigenvalue weighted by Crippen LogP contribution is 2.30. The van der Waals surface area contributed by atoms with Crippen LogP contribution in [0.5, 0.6) is 11.5 Å². The van der Waals surface area contributed by atoms with Crippen molar-refractivity contribution in [3.63, 3.8) is 0 Å². The summed E-state index contributed by atoms with van der Waals surface area (Å²) in [5.74, 6) is -0.406. The van der Waals surface area contributed by atoms with E-state index in [1.54, 1.807) is 12.0 Å². The number of amides is 1. The van der Waals surface area contributed by atoms with Crippen LogP contribution in [0.4, 0.5) is 0 Å². The lowest BCUT2D eigenvalue weighted by atomic mass is 10.1. The molecular weight excluding hydrogens is 358 g/mol. The van der Waals surface area contributed by atoms with Crippen molar-refractivity contribution in [2.45, 2.75) is 25.8 Å². The lowest BCUT2D eigenvalue weighted by Crippen LogP contribution is -2.25. The Hall–Kier alpha value is -3.02. The minimum atomic E-state index is -0.923. The molecule has 0 aromatic heterocycles. The minimum Gasteiger partial charge on any atom is -0.493 e. The van der Waals surface area contributed by atoms with Crippen molar-refractivity contribution in [1.82, 2.24) is 4.90 Å². The Morgan fingerprint density at radius 2 is 1.93 bits per heavy atom. The molecule has 1 heterocycles. The lowest BCUT2D eigenvalue weighted by Gasteiger charge is -2.18. The van der Waals surface area contributed by atoms with Crippen LogP contribution in [-0.4, -0.2) is 42.1 Å². The third-order valence-electron chi connectivity index (χ3n) is 4.88. The van der Waals surface area contributed by atoms with Gasteiger partial charge in [-0.15, -0.1) is 0 Å². The molecular formula is C22H25NO5. The van der Waals surface area contributed by atoms with E-state index in [-0.39, 0.29) is 18.9 Å². The molecule has 3 rings (SSSR count). The lowest BCUT2D eigenvalue weighted by molar-refractivity contribution is -0.141. The van der Waals surface area contributed by atoms with Gasteiger partial charge >= 0.3 is 5.97 Å². The van der Waals surface area contributed by atoms with E-state index in [0.29, 0.717) is 24.7 Å². The first kappa shape index (κ1) is 19.7. The molecule has 1 N–H and O–H groups in total. The molecule has 6 heteroatoms. The number of aliphatic carboxylic acids is 1. The van der Waals surface area contributed by atoms with Crippen LogP contribution in [0, 0.1) is 5.92 Å². The fourth-order valence-corrected chi connectivity index (χ4v) is 3.34. The number of rotatable bonds is 9. The van der Waals surface area contributed by atoms with Gasteiger partial charge in [-0.3, -0.25) is 9.59 Å². The van der Waals surface area contributed by atoms with Gasteiger partial charge < -0.3 is 19.5 Å². The second-order valence-corrected chi connectivity index (χ2v) is 6.94. The van der Waals surface area contributed by atoms with Crippen molar-refractivity contribution in [2.75, 3.05) is 20.3 Å². The predicted molar refractivity (Wildman–Crippen MR) is 104 cm³/mol. The fourth-order valence-electron chi connectivity index (χ4n) is 3.34. The summed E-state index contributed by atoms with van der Waals surface area (Å²) in [5, 5.41) is 9.09. The van der Waals surface area contributed by atoms with Crippen LogP contribution < -0.4 is 9.47 Å². The quantitative estimate of drug-likeness (QED) is 0.673. The van der Waals surface area contributed by atoms with Crippen molar-refractivity contribution in [3.05, 3.63) is 59.7 Å². The molecule has 2 aromatic carbocycles. The second kappa shape index (κ2) is 9.26. The van der Waals surface area contributed by atoms with E-state index >= 15 is 0 Å². The number of carboxylic acids is 1. The Morgan fingerprint density at radius 3 is 2.61 bits per heavy atom. The van der Waals surface area contributed by atoms with E-state index in [4.69, 9.17) is 14.6 Å². The number of methoxy groups -OCH3 is 1. The number of nitrogens with zero attached hydrogens (tertiary/aromatic N) is 1. The molecule has 0 spiro atoms. The molecule has 1 aliphatic heterocycles. The van der Waals surface area contributed by atoms with Gasteiger partial charge in [-0.25, -0.2) is 0 Å². The SMILES string of the molecule is COc1cc(CN2CC(C(=O)O)CC2=O)ccc1OCCCc1ccccc1. The molecule has 1 saturated heterocycles. The van der Waals surface area contributed by atoms with Gasteiger partial charge in [0, 0.05) is 19.5 Å². The smallest absolute Gasteiger partial charge is 0.308 e. The summed E-state index contributed by atoms with van der Waals surface area (Å²) >= 11 is 0. The zero-order valence-corrected chi connectivity index (χ0v) is 16.0. The highest BCUT2D eigenvalue weighted by atomic mass is 16.5. The van der Waals surface area contributed by atoms with Crippen molar-refractivity contribution in [3.8, 4) is 11.5 Å². The number of benzene rings is 2. The highest BCUT2D eigenvalue weighted by Gasteiger charge is 2.34. The number of carboxylic acid groups (broad SMARTS) is 1. The molecule has 2 aromatic rings. The number of hydrogen-bond acceptors (Lipinski definition) is 4. The highest BCUT2D eigenvalue weighted by molar-refractivity contribution is 5.86. The van der Waals surface area contributed by atoms with E-state index < -0.39 is 11.9 Å². The fraction of sp³-hybridized carbons (Fsp3) is 0.364. The van der Waals surface area contributed by atoms with Crippen LogP contribution in [0.15, 0.2) is 48.5 Å². The van der Waals surface area contributed by atoms with Crippen LogP contribution in [-0.2, 0) is 22.6 Å². The Bertz CT molecular complexity index is 821. The van der Waals surface area contributed by atoms with Gasteiger partial charge in [0.25, 0.3) is 0 Å². The summed E-state index contributed by atoms with van der Waals surface area (Å²) in [4.78, 5) is 24.7. The van der Waals surface area contributed by atoms with Crippen molar-refractivity contribution < 1.29 is 24.2 Å². The van der Waals surface area contributed by atoms with Gasteiger partial charge in [0.05, 0.1) is 19.6 Å². The van der Waals surface area contributed by atoms with Gasteiger partial charge in [-0.2, -0.15) is 0 Å². The third-order valence-corrected chi connectivity index (χ3v) is 4.88. The number of carbonyl (C=O) groups is 2. The van der Waals surface area contributed by atoms with Gasteiger partial charge in [0.2, 0.25) is 5.91 Å².